The van der Waals surface area contributed by atoms with Gasteiger partial charge in [0.15, 0.2) is 0 Å². The second-order valence-electron chi connectivity index (χ2n) is 6.64. The average Bonchev–Trinajstić information content (AvgIpc) is 2.38. The molecule has 2 N–H and O–H groups in total. The van der Waals surface area contributed by atoms with E-state index in [2.05, 4.69) is 5.32 Å². The Morgan fingerprint density at radius 3 is 2.38 bits per heavy atom. The first-order chi connectivity index (χ1) is 9.81. The summed E-state index contributed by atoms with van der Waals surface area (Å²) in [4.78, 5) is 12.2. The molecule has 1 aliphatic carbocycles. The zero-order chi connectivity index (χ0) is 15.5. The maximum atomic E-state index is 13.0. The van der Waals surface area contributed by atoms with Gasteiger partial charge in [0.25, 0.3) is 0 Å². The molecule has 0 heterocycles. The summed E-state index contributed by atoms with van der Waals surface area (Å²) in [6.07, 6.45) is 4.60. The van der Waals surface area contributed by atoms with Gasteiger partial charge in [-0.2, -0.15) is 0 Å². The van der Waals surface area contributed by atoms with Crippen molar-refractivity contribution in [3.8, 4) is 0 Å². The highest BCUT2D eigenvalue weighted by molar-refractivity contribution is 5.78. The second-order valence-corrected chi connectivity index (χ2v) is 6.64. The molecule has 0 aliphatic heterocycles. The van der Waals surface area contributed by atoms with Gasteiger partial charge in [0.1, 0.15) is 5.82 Å². The van der Waals surface area contributed by atoms with Gasteiger partial charge in [-0.1, -0.05) is 31.4 Å². The Kier molecular flexibility index (Phi) is 4.67. The molecule has 0 saturated heterocycles. The summed E-state index contributed by atoms with van der Waals surface area (Å²) in [5.41, 5.74) is -0.607. The topological polar surface area (TPSA) is 49.3 Å². The summed E-state index contributed by atoms with van der Waals surface area (Å²) in [6, 6.07) is 6.12. The molecule has 0 bridgehead atoms. The first kappa shape index (κ1) is 16.0. The van der Waals surface area contributed by atoms with E-state index in [9.17, 15) is 14.3 Å². The van der Waals surface area contributed by atoms with Crippen LogP contribution in [0.25, 0.3) is 0 Å². The van der Waals surface area contributed by atoms with Crippen LogP contribution in [0.2, 0.25) is 0 Å². The molecule has 1 amide bonds. The molecule has 0 atom stereocenters. The van der Waals surface area contributed by atoms with Crippen LogP contribution in [0, 0.1) is 5.82 Å². The van der Waals surface area contributed by atoms with Crippen LogP contribution in [0.4, 0.5) is 4.39 Å². The van der Waals surface area contributed by atoms with Crippen molar-refractivity contribution in [2.75, 3.05) is 0 Å². The van der Waals surface area contributed by atoms with Gasteiger partial charge in [0.2, 0.25) is 5.91 Å². The molecule has 1 aromatic rings. The standard InChI is InChI=1S/C17H24FNO2/c1-16(2,13-6-8-14(18)9-7-13)19-15(20)12-17(21)10-4-3-5-11-17/h6-9,21H,3-5,10-12H2,1-2H3,(H,19,20). The van der Waals surface area contributed by atoms with Gasteiger partial charge >= 0.3 is 0 Å². The van der Waals surface area contributed by atoms with Crippen molar-refractivity contribution in [2.45, 2.75) is 63.5 Å². The Morgan fingerprint density at radius 1 is 1.24 bits per heavy atom. The van der Waals surface area contributed by atoms with Gasteiger partial charge in [-0.25, -0.2) is 4.39 Å². The molecule has 1 saturated carbocycles. The molecule has 0 spiro atoms. The number of benzene rings is 1. The van der Waals surface area contributed by atoms with Crippen LogP contribution in [-0.4, -0.2) is 16.6 Å². The molecule has 3 nitrogen and oxygen atoms in total. The van der Waals surface area contributed by atoms with Crippen LogP contribution in [0.15, 0.2) is 24.3 Å². The summed E-state index contributed by atoms with van der Waals surface area (Å²) in [5.74, 6) is -0.453. The number of hydrogen-bond acceptors (Lipinski definition) is 2. The highest BCUT2D eigenvalue weighted by atomic mass is 19.1. The quantitative estimate of drug-likeness (QED) is 0.895. The van der Waals surface area contributed by atoms with E-state index in [0.717, 1.165) is 24.8 Å². The minimum absolute atomic E-state index is 0.137. The van der Waals surface area contributed by atoms with E-state index < -0.39 is 11.1 Å². The number of halogens is 1. The lowest BCUT2D eigenvalue weighted by atomic mass is 9.82. The lowest BCUT2D eigenvalue weighted by Crippen LogP contribution is -2.45. The third kappa shape index (κ3) is 4.27. The van der Waals surface area contributed by atoms with Crippen molar-refractivity contribution >= 4 is 5.91 Å². The molecule has 0 unspecified atom stereocenters. The predicted molar refractivity (Wildman–Crippen MR) is 80.2 cm³/mol. The minimum atomic E-state index is -0.860. The van der Waals surface area contributed by atoms with Crippen molar-refractivity contribution in [1.82, 2.24) is 5.32 Å². The molecular formula is C17H24FNO2. The highest BCUT2D eigenvalue weighted by Crippen LogP contribution is 2.31. The van der Waals surface area contributed by atoms with Crippen molar-refractivity contribution in [3.63, 3.8) is 0 Å². The third-order valence-corrected chi connectivity index (χ3v) is 4.29. The van der Waals surface area contributed by atoms with Crippen LogP contribution in [0.3, 0.4) is 0 Å². The van der Waals surface area contributed by atoms with Crippen molar-refractivity contribution in [1.29, 1.82) is 0 Å². The second kappa shape index (κ2) is 6.14. The number of carbonyl (C=O) groups is 1. The molecule has 2 rings (SSSR count). The molecule has 1 aliphatic rings. The molecular weight excluding hydrogens is 269 g/mol. The number of aliphatic hydroxyl groups is 1. The van der Waals surface area contributed by atoms with Crippen LogP contribution >= 0.6 is 0 Å². The lowest BCUT2D eigenvalue weighted by Gasteiger charge is -2.33. The van der Waals surface area contributed by atoms with E-state index in [1.165, 1.54) is 12.1 Å². The normalized spacial score (nSPS) is 18.3. The maximum absolute atomic E-state index is 13.0. The Bertz CT molecular complexity index is 490. The zero-order valence-corrected chi connectivity index (χ0v) is 12.8. The van der Waals surface area contributed by atoms with Crippen LogP contribution in [0.1, 0.15) is 57.9 Å². The number of nitrogens with one attached hydrogen (secondary N) is 1. The first-order valence-corrected chi connectivity index (χ1v) is 7.60. The van der Waals surface area contributed by atoms with Gasteiger partial charge in [-0.3, -0.25) is 4.79 Å². The van der Waals surface area contributed by atoms with Crippen molar-refractivity contribution in [3.05, 3.63) is 35.6 Å². The Labute approximate surface area is 125 Å². The SMILES string of the molecule is CC(C)(NC(=O)CC1(O)CCCCC1)c1ccc(F)cc1. The molecule has 4 heteroatoms. The third-order valence-electron chi connectivity index (χ3n) is 4.29. The lowest BCUT2D eigenvalue weighted by molar-refractivity contribution is -0.129. The van der Waals surface area contributed by atoms with E-state index in [1.54, 1.807) is 12.1 Å². The molecule has 1 fully saturated rings. The molecule has 1 aromatic carbocycles. The monoisotopic (exact) mass is 293 g/mol. The van der Waals surface area contributed by atoms with Crippen molar-refractivity contribution < 1.29 is 14.3 Å². The van der Waals surface area contributed by atoms with E-state index in [4.69, 9.17) is 0 Å². The largest absolute Gasteiger partial charge is 0.389 e. The first-order valence-electron chi connectivity index (χ1n) is 7.60. The van der Waals surface area contributed by atoms with Gasteiger partial charge in [-0.05, 0) is 44.4 Å². The van der Waals surface area contributed by atoms with Gasteiger partial charge < -0.3 is 10.4 Å². The Hall–Kier alpha value is -1.42. The molecule has 116 valence electrons. The van der Waals surface area contributed by atoms with E-state index >= 15 is 0 Å². The minimum Gasteiger partial charge on any atom is -0.389 e. The van der Waals surface area contributed by atoms with E-state index in [1.807, 2.05) is 13.8 Å². The fraction of sp³-hybridized carbons (Fsp3) is 0.588. The highest BCUT2D eigenvalue weighted by Gasteiger charge is 2.33. The van der Waals surface area contributed by atoms with E-state index in [-0.39, 0.29) is 18.1 Å². The number of carbonyl (C=O) groups excluding carboxylic acids is 1. The summed E-state index contributed by atoms with van der Waals surface area (Å²) in [5, 5.41) is 13.4. The maximum Gasteiger partial charge on any atom is 0.223 e. The van der Waals surface area contributed by atoms with Crippen LogP contribution < -0.4 is 5.32 Å². The fourth-order valence-corrected chi connectivity index (χ4v) is 3.02. The summed E-state index contributed by atoms with van der Waals surface area (Å²) < 4.78 is 13.0. The van der Waals surface area contributed by atoms with E-state index in [0.29, 0.717) is 12.8 Å². The number of hydrogen-bond donors (Lipinski definition) is 2. The average molecular weight is 293 g/mol. The Morgan fingerprint density at radius 2 is 1.81 bits per heavy atom. The number of rotatable bonds is 4. The van der Waals surface area contributed by atoms with Gasteiger partial charge in [-0.15, -0.1) is 0 Å². The summed E-state index contributed by atoms with van der Waals surface area (Å²) in [6.45, 7) is 3.76. The Balaban J connectivity index is 1.99. The summed E-state index contributed by atoms with van der Waals surface area (Å²) in [7, 11) is 0. The molecule has 21 heavy (non-hydrogen) atoms. The van der Waals surface area contributed by atoms with Gasteiger partial charge in [0.05, 0.1) is 17.6 Å². The van der Waals surface area contributed by atoms with Crippen LogP contribution in [-0.2, 0) is 10.3 Å². The predicted octanol–water partition coefficient (Wildman–Crippen LogP) is 3.26. The number of amides is 1. The molecule has 0 aromatic heterocycles. The summed E-state index contributed by atoms with van der Waals surface area (Å²) >= 11 is 0. The molecule has 0 radical (unpaired) electrons. The zero-order valence-electron chi connectivity index (χ0n) is 12.8. The smallest absolute Gasteiger partial charge is 0.223 e. The fourth-order valence-electron chi connectivity index (χ4n) is 3.02. The van der Waals surface area contributed by atoms with Crippen LogP contribution in [0.5, 0.6) is 0 Å². The van der Waals surface area contributed by atoms with Crippen molar-refractivity contribution in [2.24, 2.45) is 0 Å². The van der Waals surface area contributed by atoms with Gasteiger partial charge in [0, 0.05) is 0 Å².